The van der Waals surface area contributed by atoms with Crippen molar-refractivity contribution in [3.63, 3.8) is 0 Å². The number of para-hydroxylation sites is 1. The van der Waals surface area contributed by atoms with Gasteiger partial charge in [-0.05, 0) is 25.3 Å². The van der Waals surface area contributed by atoms with Gasteiger partial charge in [-0.25, -0.2) is 0 Å². The van der Waals surface area contributed by atoms with Crippen molar-refractivity contribution in [2.75, 3.05) is 6.61 Å². The molecule has 2 rings (SSSR count). The molecule has 0 bridgehead atoms. The van der Waals surface area contributed by atoms with E-state index < -0.39 is 0 Å². The van der Waals surface area contributed by atoms with Crippen molar-refractivity contribution >= 4 is 0 Å². The van der Waals surface area contributed by atoms with Gasteiger partial charge in [-0.15, -0.1) is 0 Å². The van der Waals surface area contributed by atoms with Gasteiger partial charge in [0.25, 0.3) is 0 Å². The highest BCUT2D eigenvalue weighted by molar-refractivity contribution is 5.32. The number of rotatable bonds is 6. The summed E-state index contributed by atoms with van der Waals surface area (Å²) >= 11 is 0. The van der Waals surface area contributed by atoms with Crippen LogP contribution in [0, 0.1) is 0 Å². The molecule has 1 aromatic rings. The van der Waals surface area contributed by atoms with Crippen LogP contribution >= 0.6 is 0 Å². The van der Waals surface area contributed by atoms with E-state index >= 15 is 0 Å². The molecule has 21 heavy (non-hydrogen) atoms. The van der Waals surface area contributed by atoms with Gasteiger partial charge in [-0.3, -0.25) is 0 Å². The Morgan fingerprint density at radius 2 is 2.10 bits per heavy atom. The zero-order valence-corrected chi connectivity index (χ0v) is 13.0. The smallest absolute Gasteiger partial charge is 0.125 e. The Labute approximate surface area is 127 Å². The molecular formula is C17H27NO3. The highest BCUT2D eigenvalue weighted by Crippen LogP contribution is 2.32. The van der Waals surface area contributed by atoms with E-state index in [9.17, 15) is 10.2 Å². The standard InChI is InChI=1S/C17H27NO3/c1-13(2)18-17(12-20)9-5-7-15(10-17)21-16-8-4-3-6-14(16)11-19/h3-4,6,8,13,15,18-20H,5,7,9-12H2,1-2H3. The van der Waals surface area contributed by atoms with Gasteiger partial charge in [0.1, 0.15) is 11.9 Å². The van der Waals surface area contributed by atoms with E-state index in [2.05, 4.69) is 19.2 Å². The van der Waals surface area contributed by atoms with Crippen molar-refractivity contribution in [1.29, 1.82) is 0 Å². The van der Waals surface area contributed by atoms with Crippen molar-refractivity contribution in [1.82, 2.24) is 5.32 Å². The maximum atomic E-state index is 9.82. The number of benzene rings is 1. The van der Waals surface area contributed by atoms with Crippen LogP contribution in [0.1, 0.15) is 45.1 Å². The molecule has 4 heteroatoms. The van der Waals surface area contributed by atoms with Crippen LogP contribution < -0.4 is 10.1 Å². The van der Waals surface area contributed by atoms with E-state index in [1.807, 2.05) is 24.3 Å². The third-order valence-corrected chi connectivity index (χ3v) is 4.13. The van der Waals surface area contributed by atoms with Crippen molar-refractivity contribution in [2.24, 2.45) is 0 Å². The zero-order valence-electron chi connectivity index (χ0n) is 13.0. The van der Waals surface area contributed by atoms with Crippen LogP contribution in [0.3, 0.4) is 0 Å². The molecule has 1 saturated carbocycles. The van der Waals surface area contributed by atoms with E-state index in [4.69, 9.17) is 4.74 Å². The molecule has 1 aliphatic carbocycles. The molecule has 0 saturated heterocycles. The van der Waals surface area contributed by atoms with Crippen LogP contribution in [-0.2, 0) is 6.61 Å². The zero-order chi connectivity index (χ0) is 15.3. The fraction of sp³-hybridized carbons (Fsp3) is 0.647. The van der Waals surface area contributed by atoms with Gasteiger partial charge in [0.15, 0.2) is 0 Å². The number of hydrogen-bond acceptors (Lipinski definition) is 4. The Morgan fingerprint density at radius 1 is 1.33 bits per heavy atom. The molecule has 1 fully saturated rings. The fourth-order valence-electron chi connectivity index (χ4n) is 3.27. The molecule has 1 aliphatic rings. The predicted octanol–water partition coefficient (Wildman–Crippen LogP) is 2.23. The molecule has 0 spiro atoms. The largest absolute Gasteiger partial charge is 0.490 e. The van der Waals surface area contributed by atoms with Gasteiger partial charge in [-0.2, -0.15) is 0 Å². The van der Waals surface area contributed by atoms with E-state index in [1.165, 1.54) is 0 Å². The normalized spacial score (nSPS) is 26.0. The van der Waals surface area contributed by atoms with Gasteiger partial charge in [-0.1, -0.05) is 32.0 Å². The molecule has 3 N–H and O–H groups in total. The maximum absolute atomic E-state index is 9.82. The first-order chi connectivity index (χ1) is 10.1. The van der Waals surface area contributed by atoms with E-state index in [0.29, 0.717) is 6.04 Å². The first kappa shape index (κ1) is 16.3. The summed E-state index contributed by atoms with van der Waals surface area (Å²) in [6.07, 6.45) is 3.86. The summed E-state index contributed by atoms with van der Waals surface area (Å²) in [5.41, 5.74) is 0.570. The molecule has 0 amide bonds. The lowest BCUT2D eigenvalue weighted by atomic mass is 9.80. The van der Waals surface area contributed by atoms with Crippen molar-refractivity contribution in [2.45, 2.75) is 63.8 Å². The summed E-state index contributed by atoms with van der Waals surface area (Å²) in [5.74, 6) is 0.753. The first-order valence-electron chi connectivity index (χ1n) is 7.82. The number of nitrogens with one attached hydrogen (secondary N) is 1. The summed E-state index contributed by atoms with van der Waals surface area (Å²) in [5, 5.41) is 22.7. The van der Waals surface area contributed by atoms with Crippen molar-refractivity contribution < 1.29 is 14.9 Å². The predicted molar refractivity (Wildman–Crippen MR) is 83.3 cm³/mol. The van der Waals surface area contributed by atoms with Crippen molar-refractivity contribution in [3.05, 3.63) is 29.8 Å². The van der Waals surface area contributed by atoms with E-state index in [1.54, 1.807) is 0 Å². The summed E-state index contributed by atoms with van der Waals surface area (Å²) in [7, 11) is 0. The lowest BCUT2D eigenvalue weighted by Crippen LogP contribution is -2.55. The molecular weight excluding hydrogens is 266 g/mol. The summed E-state index contributed by atoms with van der Waals surface area (Å²) < 4.78 is 6.10. The van der Waals surface area contributed by atoms with Crippen LogP contribution in [-0.4, -0.2) is 34.5 Å². The Kier molecular flexibility index (Phi) is 5.62. The highest BCUT2D eigenvalue weighted by Gasteiger charge is 2.37. The minimum atomic E-state index is -0.245. The number of ether oxygens (including phenoxy) is 1. The molecule has 0 aliphatic heterocycles. The summed E-state index contributed by atoms with van der Waals surface area (Å²) in [6.45, 7) is 4.32. The minimum absolute atomic E-state index is 0.0156. The molecule has 0 heterocycles. The van der Waals surface area contributed by atoms with Crippen LogP contribution in [0.15, 0.2) is 24.3 Å². The Bertz CT molecular complexity index is 449. The molecule has 1 aromatic carbocycles. The molecule has 0 aromatic heterocycles. The van der Waals surface area contributed by atoms with E-state index in [0.717, 1.165) is 37.0 Å². The Hall–Kier alpha value is -1.10. The third kappa shape index (κ3) is 4.19. The lowest BCUT2D eigenvalue weighted by molar-refractivity contribution is 0.0452. The molecule has 0 radical (unpaired) electrons. The monoisotopic (exact) mass is 293 g/mol. The van der Waals surface area contributed by atoms with Gasteiger partial charge < -0.3 is 20.3 Å². The molecule has 2 atom stereocenters. The SMILES string of the molecule is CC(C)NC1(CO)CCCC(Oc2ccccc2CO)C1. The number of aliphatic hydroxyl groups is 2. The average molecular weight is 293 g/mol. The summed E-state index contributed by atoms with van der Waals surface area (Å²) in [6, 6.07) is 7.93. The first-order valence-corrected chi connectivity index (χ1v) is 7.82. The van der Waals surface area contributed by atoms with Gasteiger partial charge in [0.2, 0.25) is 0 Å². The minimum Gasteiger partial charge on any atom is -0.490 e. The molecule has 2 unspecified atom stereocenters. The topological polar surface area (TPSA) is 61.7 Å². The molecule has 4 nitrogen and oxygen atoms in total. The summed E-state index contributed by atoms with van der Waals surface area (Å²) in [4.78, 5) is 0. The third-order valence-electron chi connectivity index (χ3n) is 4.13. The Balaban J connectivity index is 2.07. The van der Waals surface area contributed by atoms with Crippen LogP contribution in [0.2, 0.25) is 0 Å². The van der Waals surface area contributed by atoms with Crippen molar-refractivity contribution in [3.8, 4) is 5.75 Å². The maximum Gasteiger partial charge on any atom is 0.125 e. The van der Waals surface area contributed by atoms with Crippen LogP contribution in [0.4, 0.5) is 0 Å². The average Bonchev–Trinajstić information content (AvgIpc) is 2.47. The lowest BCUT2D eigenvalue weighted by Gasteiger charge is -2.41. The van der Waals surface area contributed by atoms with Crippen LogP contribution in [0.25, 0.3) is 0 Å². The van der Waals surface area contributed by atoms with Crippen LogP contribution in [0.5, 0.6) is 5.75 Å². The van der Waals surface area contributed by atoms with Gasteiger partial charge >= 0.3 is 0 Å². The van der Waals surface area contributed by atoms with Gasteiger partial charge in [0.05, 0.1) is 13.2 Å². The fourth-order valence-corrected chi connectivity index (χ4v) is 3.27. The Morgan fingerprint density at radius 3 is 2.76 bits per heavy atom. The number of hydrogen-bond donors (Lipinski definition) is 3. The second kappa shape index (κ2) is 7.25. The highest BCUT2D eigenvalue weighted by atomic mass is 16.5. The second-order valence-corrected chi connectivity index (χ2v) is 6.34. The van der Waals surface area contributed by atoms with Gasteiger partial charge in [0, 0.05) is 23.6 Å². The second-order valence-electron chi connectivity index (χ2n) is 6.34. The van der Waals surface area contributed by atoms with E-state index in [-0.39, 0.29) is 24.9 Å². The quantitative estimate of drug-likeness (QED) is 0.753. The molecule has 118 valence electrons. The number of aliphatic hydroxyl groups excluding tert-OH is 2.